The minimum absolute atomic E-state index is 0.000496. The predicted octanol–water partition coefficient (Wildman–Crippen LogP) is 7.52. The fourth-order valence-corrected chi connectivity index (χ4v) is 11.4. The molecule has 0 aromatic heterocycles. The Morgan fingerprint density at radius 2 is 1.53 bits per heavy atom. The van der Waals surface area contributed by atoms with Crippen LogP contribution in [0.2, 0.25) is 0 Å². The van der Waals surface area contributed by atoms with Crippen LogP contribution in [0.1, 0.15) is 146 Å². The van der Waals surface area contributed by atoms with Gasteiger partial charge in [0.05, 0.1) is 31.5 Å². The van der Waals surface area contributed by atoms with E-state index in [2.05, 4.69) is 0 Å². The first-order valence-electron chi connectivity index (χ1n) is 27.8. The molecule has 5 aliphatic rings. The molecule has 428 valence electrons. The summed E-state index contributed by atoms with van der Waals surface area (Å²) in [5.41, 5.74) is 0.243. The first-order valence-corrected chi connectivity index (χ1v) is 27.8. The van der Waals surface area contributed by atoms with Crippen molar-refractivity contribution in [3.63, 3.8) is 0 Å². The van der Waals surface area contributed by atoms with Gasteiger partial charge in [0, 0.05) is 58.5 Å². The Morgan fingerprint density at radius 1 is 0.829 bits per heavy atom. The number of fused-ring (bicyclic) bond motifs is 3. The molecule has 0 radical (unpaired) electrons. The van der Waals surface area contributed by atoms with Gasteiger partial charge in [0.1, 0.15) is 41.7 Å². The van der Waals surface area contributed by atoms with Gasteiger partial charge in [-0.25, -0.2) is 4.79 Å². The third kappa shape index (κ3) is 16.1. The molecule has 4 fully saturated rings. The van der Waals surface area contributed by atoms with Crippen molar-refractivity contribution in [2.45, 2.75) is 207 Å². The highest BCUT2D eigenvalue weighted by Gasteiger charge is 2.53. The number of hydrogen-bond donors (Lipinski definition) is 2. The monoisotopic (exact) mass is 1070 g/mol. The molecule has 4 heterocycles. The number of allylic oxidation sites excluding steroid dienone is 6. The van der Waals surface area contributed by atoms with Gasteiger partial charge in [0.25, 0.3) is 11.7 Å². The van der Waals surface area contributed by atoms with Crippen LogP contribution in [0.5, 0.6) is 0 Å². The Kier molecular flexibility index (Phi) is 23.0. The topological polar surface area (TPSA) is 220 Å². The summed E-state index contributed by atoms with van der Waals surface area (Å²) in [5, 5.41) is 23.6. The van der Waals surface area contributed by atoms with Gasteiger partial charge in [-0.1, -0.05) is 71.1 Å². The number of amides is 1. The number of rotatable bonds is 8. The maximum absolute atomic E-state index is 14.6. The maximum atomic E-state index is 14.6. The number of piperidine rings is 1. The summed E-state index contributed by atoms with van der Waals surface area (Å²) in [6, 6.07) is -1.18. The Morgan fingerprint density at radius 3 is 2.18 bits per heavy atom. The van der Waals surface area contributed by atoms with E-state index in [1.807, 2.05) is 58.1 Å². The van der Waals surface area contributed by atoms with Crippen molar-refractivity contribution in [3.8, 4) is 0 Å². The second kappa shape index (κ2) is 27.8. The highest BCUT2D eigenvalue weighted by atomic mass is 16.7. The molecule has 15 atom stereocenters. The summed E-state index contributed by atoms with van der Waals surface area (Å²) in [6.07, 6.45) is 10.5. The van der Waals surface area contributed by atoms with Crippen LogP contribution in [0.3, 0.4) is 0 Å². The Labute approximate surface area is 451 Å². The van der Waals surface area contributed by atoms with E-state index in [1.165, 1.54) is 12.0 Å². The number of ketones is 3. The molecule has 76 heavy (non-hydrogen) atoms. The zero-order valence-electron chi connectivity index (χ0n) is 47.7. The van der Waals surface area contributed by atoms with E-state index in [0.29, 0.717) is 69.8 Å². The van der Waals surface area contributed by atoms with E-state index in [0.717, 1.165) is 5.57 Å². The number of methoxy groups -OCH3 is 3. The van der Waals surface area contributed by atoms with Crippen LogP contribution < -0.4 is 0 Å². The first-order chi connectivity index (χ1) is 35.8. The summed E-state index contributed by atoms with van der Waals surface area (Å²) in [5.74, 6) is -9.63. The normalized spacial score (nSPS) is 37.7. The molecule has 17 nitrogen and oxygen atoms in total. The molecule has 0 aromatic carbocycles. The molecule has 2 bridgehead atoms. The minimum atomic E-state index is -2.46. The lowest BCUT2D eigenvalue weighted by molar-refractivity contribution is -0.283. The van der Waals surface area contributed by atoms with Crippen LogP contribution in [0, 0.1) is 40.9 Å². The van der Waals surface area contributed by atoms with Gasteiger partial charge < -0.3 is 53.0 Å². The molecule has 4 aliphatic heterocycles. The lowest BCUT2D eigenvalue weighted by Gasteiger charge is -2.43. The van der Waals surface area contributed by atoms with Gasteiger partial charge in [0.15, 0.2) is 11.6 Å². The van der Waals surface area contributed by atoms with Crippen LogP contribution in [-0.2, 0) is 66.7 Å². The van der Waals surface area contributed by atoms with Crippen LogP contribution in [0.25, 0.3) is 0 Å². The van der Waals surface area contributed by atoms with E-state index >= 15 is 0 Å². The van der Waals surface area contributed by atoms with Crippen molar-refractivity contribution in [3.05, 3.63) is 47.6 Å². The summed E-state index contributed by atoms with van der Waals surface area (Å²) in [4.78, 5) is 86.3. The Balaban J connectivity index is 1.43. The average Bonchev–Trinajstić information content (AvgIpc) is 3.39. The Hall–Kier alpha value is -3.94. The summed E-state index contributed by atoms with van der Waals surface area (Å²) < 4.78 is 47.6. The number of nitrogens with zero attached hydrogens (tertiary/aromatic N) is 1. The summed E-state index contributed by atoms with van der Waals surface area (Å²) in [7, 11) is 4.52. The van der Waals surface area contributed by atoms with E-state index in [4.69, 9.17) is 37.9 Å². The van der Waals surface area contributed by atoms with Crippen LogP contribution in [0.4, 0.5) is 0 Å². The number of aliphatic hydroxyl groups excluding tert-OH is 1. The van der Waals surface area contributed by atoms with Crippen molar-refractivity contribution in [2.24, 2.45) is 40.9 Å². The lowest BCUT2D eigenvalue weighted by Crippen LogP contribution is -2.61. The van der Waals surface area contributed by atoms with E-state index < -0.39 is 113 Å². The standard InChI is InChI=1S/C59H91NO16/c1-35-19-15-14-16-20-36(2)47(69-11)31-43-24-22-41(7)59(68,76-43)53(64)54(65)60-26-18-17-21-44(60)55(66)74-48(32-45(61)37(3)28-40(6)51(63)52(71-13)50(62)39(5)27-35)38(4)29-42-23-25-46(49(30-42)70-12)75-56(67)58(10)33-72-57(8,9)73-34-58/h14-16,19-20,28,35,37-39,41-44,46-49,51-52,63,68H,17-18,21-27,29-34H2,1-13H3/b16-14?,19-15-,36-20?,40-28-. The van der Waals surface area contributed by atoms with Gasteiger partial charge in [-0.3, -0.25) is 24.0 Å². The number of aliphatic hydroxyl groups is 2. The van der Waals surface area contributed by atoms with Gasteiger partial charge in [-0.2, -0.15) is 0 Å². The van der Waals surface area contributed by atoms with Crippen LogP contribution in [-0.4, -0.2) is 152 Å². The third-order valence-electron chi connectivity index (χ3n) is 16.7. The van der Waals surface area contributed by atoms with Crippen molar-refractivity contribution >= 4 is 35.2 Å². The number of hydrogen-bond acceptors (Lipinski definition) is 16. The van der Waals surface area contributed by atoms with Crippen molar-refractivity contribution in [2.75, 3.05) is 41.1 Å². The zero-order valence-corrected chi connectivity index (χ0v) is 47.7. The SMILES string of the molecule is COC1CC2CCC(C)C(O)(O2)C(=O)C(=O)N2CCCCC2C(=O)OC(C(C)CC2CCC(OC(=O)C3(C)COC(C)(C)OC3)C(OC)C2)CC(=O)C(C)/C=C(/C)C(O)C(OC)C(=O)C(C)CC(C)/C=C\C=CC=C1C. The van der Waals surface area contributed by atoms with E-state index in [-0.39, 0.29) is 56.0 Å². The molecule has 1 amide bonds. The first kappa shape index (κ1) is 62.9. The Bertz CT molecular complexity index is 2140. The second-order valence-corrected chi connectivity index (χ2v) is 23.5. The fraction of sp³-hybridized carbons (Fsp3) is 0.763. The summed E-state index contributed by atoms with van der Waals surface area (Å²) >= 11 is 0. The van der Waals surface area contributed by atoms with Gasteiger partial charge in [-0.05, 0) is 128 Å². The molecule has 5 rings (SSSR count). The molecule has 1 aliphatic carbocycles. The molecule has 17 heteroatoms. The second-order valence-electron chi connectivity index (χ2n) is 23.5. The van der Waals surface area contributed by atoms with Crippen LogP contribution >= 0.6 is 0 Å². The highest BCUT2D eigenvalue weighted by Crippen LogP contribution is 2.39. The van der Waals surface area contributed by atoms with Crippen molar-refractivity contribution in [1.82, 2.24) is 4.90 Å². The number of carbonyl (C=O) groups is 6. The summed E-state index contributed by atoms with van der Waals surface area (Å²) in [6.45, 7) is 18.3. The quantitative estimate of drug-likeness (QED) is 0.136. The van der Waals surface area contributed by atoms with Crippen LogP contribution in [0.15, 0.2) is 47.6 Å². The fourth-order valence-electron chi connectivity index (χ4n) is 11.4. The van der Waals surface area contributed by atoms with Crippen molar-refractivity contribution in [1.29, 1.82) is 0 Å². The molecule has 3 saturated heterocycles. The molecule has 0 spiro atoms. The molecular weight excluding hydrogens is 979 g/mol. The van der Waals surface area contributed by atoms with E-state index in [9.17, 15) is 39.0 Å². The number of carbonyl (C=O) groups excluding carboxylic acids is 6. The molecular formula is C59H91NO16. The lowest BCUT2D eigenvalue weighted by atomic mass is 9.78. The van der Waals surface area contributed by atoms with Gasteiger partial charge in [-0.15, -0.1) is 0 Å². The largest absolute Gasteiger partial charge is 0.460 e. The van der Waals surface area contributed by atoms with Gasteiger partial charge >= 0.3 is 11.9 Å². The van der Waals surface area contributed by atoms with Crippen molar-refractivity contribution < 1.29 is 76.9 Å². The molecule has 2 N–H and O–H groups in total. The highest BCUT2D eigenvalue weighted by molar-refractivity contribution is 6.39. The predicted molar refractivity (Wildman–Crippen MR) is 283 cm³/mol. The number of esters is 2. The molecule has 0 aromatic rings. The van der Waals surface area contributed by atoms with E-state index in [1.54, 1.807) is 61.8 Å². The molecule has 1 saturated carbocycles. The smallest absolute Gasteiger partial charge is 0.329 e. The zero-order chi connectivity index (χ0) is 56.3. The minimum Gasteiger partial charge on any atom is -0.460 e. The third-order valence-corrected chi connectivity index (χ3v) is 16.7. The maximum Gasteiger partial charge on any atom is 0.329 e. The number of cyclic esters (lactones) is 1. The average molecular weight is 1070 g/mol. The number of Topliss-reactive ketones (excluding diaryl/α,β-unsaturated/α-hetero) is 3. The number of ether oxygens (including phenoxy) is 8. The molecule has 15 unspecified atom stereocenters. The van der Waals surface area contributed by atoms with Gasteiger partial charge in [0.2, 0.25) is 5.79 Å².